The van der Waals surface area contributed by atoms with E-state index in [1.165, 1.54) is 0 Å². The van der Waals surface area contributed by atoms with E-state index in [1.54, 1.807) is 0 Å². The lowest BCUT2D eigenvalue weighted by Gasteiger charge is -2.38. The molecule has 0 atom stereocenters. The average molecular weight is 222 g/mol. The molecule has 0 aliphatic rings. The van der Waals surface area contributed by atoms with Crippen molar-refractivity contribution in [3.63, 3.8) is 0 Å². The van der Waals surface area contributed by atoms with Crippen LogP contribution in [0.25, 0.3) is 0 Å². The Labute approximate surface area is 95.7 Å². The second-order valence-corrected chi connectivity index (χ2v) is 10.1. The van der Waals surface area contributed by atoms with Crippen molar-refractivity contribution in [2.75, 3.05) is 0 Å². The molecule has 0 aromatic carbocycles. The van der Waals surface area contributed by atoms with E-state index >= 15 is 0 Å². The van der Waals surface area contributed by atoms with E-state index in [0.717, 1.165) is 0 Å². The monoisotopic (exact) mass is 222 g/mol. The van der Waals surface area contributed by atoms with Crippen molar-refractivity contribution in [1.29, 1.82) is 0 Å². The Morgan fingerprint density at radius 2 is 1.53 bits per heavy atom. The van der Waals surface area contributed by atoms with Crippen LogP contribution in [0.1, 0.15) is 33.6 Å². The Hall–Kier alpha value is -0.703. The molecule has 1 nitrogen and oxygen atoms in total. The molecule has 2 heteroatoms. The summed E-state index contributed by atoms with van der Waals surface area (Å²) in [6, 6.07) is 0. The first-order valence-corrected chi connectivity index (χ1v) is 8.20. The van der Waals surface area contributed by atoms with Gasteiger partial charge in [0.2, 0.25) is 0 Å². The van der Waals surface area contributed by atoms with Gasteiger partial charge in [0.15, 0.2) is 8.32 Å². The minimum atomic E-state index is -1.73. The minimum absolute atomic E-state index is 0.0286. The third kappa shape index (κ3) is 4.56. The summed E-state index contributed by atoms with van der Waals surface area (Å²) in [5.41, 5.74) is 0. The minimum Gasteiger partial charge on any atom is -0.412 e. The highest BCUT2D eigenvalue weighted by molar-refractivity contribution is 6.74. The molecule has 0 saturated heterocycles. The van der Waals surface area contributed by atoms with Crippen LogP contribution in [0, 0.1) is 24.7 Å². The van der Waals surface area contributed by atoms with Gasteiger partial charge in [-0.05, 0) is 18.1 Å². The van der Waals surface area contributed by atoms with Gasteiger partial charge in [-0.1, -0.05) is 20.8 Å². The Morgan fingerprint density at radius 1 is 1.13 bits per heavy atom. The van der Waals surface area contributed by atoms with Crippen LogP contribution < -0.4 is 0 Å². The molecular weight excluding hydrogens is 200 g/mol. The first-order chi connectivity index (χ1) is 6.74. The van der Waals surface area contributed by atoms with Crippen molar-refractivity contribution in [2.45, 2.75) is 57.8 Å². The number of hydrogen-bond acceptors (Lipinski definition) is 1. The van der Waals surface area contributed by atoms with Crippen LogP contribution >= 0.6 is 0 Å². The summed E-state index contributed by atoms with van der Waals surface area (Å²) in [6.45, 7) is 11.1. The lowest BCUT2D eigenvalue weighted by Crippen LogP contribution is -2.43. The largest absolute Gasteiger partial charge is 0.412 e. The zero-order valence-corrected chi connectivity index (χ0v) is 11.6. The summed E-state index contributed by atoms with van der Waals surface area (Å²) < 4.78 is 6.14. The first-order valence-electron chi connectivity index (χ1n) is 5.29. The zero-order chi connectivity index (χ0) is 12.1. The topological polar surface area (TPSA) is 9.23 Å². The van der Waals surface area contributed by atoms with Gasteiger partial charge in [-0.25, -0.2) is 0 Å². The summed E-state index contributed by atoms with van der Waals surface area (Å²) in [5, 5.41) is 0.203. The van der Waals surface area contributed by atoms with Gasteiger partial charge in [-0.2, -0.15) is 0 Å². The number of hydrogen-bond donors (Lipinski definition) is 0. The Kier molecular flexibility index (Phi) is 5.15. The molecule has 0 unspecified atom stereocenters. The van der Waals surface area contributed by atoms with Gasteiger partial charge in [0.25, 0.3) is 0 Å². The Balaban J connectivity index is 4.54. The average Bonchev–Trinajstić information content (AvgIpc) is 2.02. The second kappa shape index (κ2) is 5.40. The van der Waals surface area contributed by atoms with Crippen LogP contribution in [-0.4, -0.2) is 14.4 Å². The van der Waals surface area contributed by atoms with E-state index in [0.29, 0.717) is 12.8 Å². The molecule has 0 bridgehead atoms. The van der Waals surface area contributed by atoms with Gasteiger partial charge in [-0.3, -0.25) is 0 Å². The van der Waals surface area contributed by atoms with Gasteiger partial charge in [0.1, 0.15) is 0 Å². The fourth-order valence-corrected chi connectivity index (χ4v) is 2.37. The molecule has 0 radical (unpaired) electrons. The third-order valence-corrected chi connectivity index (χ3v) is 7.49. The van der Waals surface area contributed by atoms with Crippen LogP contribution in [0.15, 0.2) is 0 Å². The lowest BCUT2D eigenvalue weighted by atomic mass is 10.2. The van der Waals surface area contributed by atoms with Crippen molar-refractivity contribution >= 4 is 8.32 Å². The SMILES string of the molecule is C#CCC(CC#C)O[Si](C)(C)C(C)(C)C. The van der Waals surface area contributed by atoms with E-state index < -0.39 is 8.32 Å². The lowest BCUT2D eigenvalue weighted by molar-refractivity contribution is 0.191. The molecule has 0 amide bonds. The fraction of sp³-hybridized carbons (Fsp3) is 0.692. The molecule has 0 rings (SSSR count). The van der Waals surface area contributed by atoms with E-state index in [-0.39, 0.29) is 11.1 Å². The molecule has 0 N–H and O–H groups in total. The van der Waals surface area contributed by atoms with Crippen molar-refractivity contribution in [3.05, 3.63) is 0 Å². The molecule has 84 valence electrons. The molecule has 0 aromatic rings. The predicted octanol–water partition coefficient (Wildman–Crippen LogP) is 3.42. The van der Waals surface area contributed by atoms with E-state index in [2.05, 4.69) is 45.7 Å². The second-order valence-electron chi connectivity index (χ2n) is 5.32. The van der Waals surface area contributed by atoms with Crippen molar-refractivity contribution in [2.24, 2.45) is 0 Å². The molecule has 0 heterocycles. The standard InChI is InChI=1S/C13H22OSi/c1-8-10-12(11-9-2)14-15(6,7)13(3,4)5/h1-2,12H,10-11H2,3-7H3. The van der Waals surface area contributed by atoms with Crippen LogP contribution in [0.2, 0.25) is 18.1 Å². The highest BCUT2D eigenvalue weighted by Gasteiger charge is 2.38. The van der Waals surface area contributed by atoms with Gasteiger partial charge < -0.3 is 4.43 Å². The molecule has 0 aromatic heterocycles. The maximum absolute atomic E-state index is 6.14. The Bertz CT molecular complexity index is 256. The predicted molar refractivity (Wildman–Crippen MR) is 69.0 cm³/mol. The van der Waals surface area contributed by atoms with Crippen LogP contribution in [0.4, 0.5) is 0 Å². The zero-order valence-electron chi connectivity index (χ0n) is 10.6. The van der Waals surface area contributed by atoms with Crippen LogP contribution in [-0.2, 0) is 4.43 Å². The molecule has 0 spiro atoms. The number of rotatable bonds is 4. The van der Waals surface area contributed by atoms with Crippen LogP contribution in [0.3, 0.4) is 0 Å². The van der Waals surface area contributed by atoms with Gasteiger partial charge in [0.05, 0.1) is 6.10 Å². The highest BCUT2D eigenvalue weighted by Crippen LogP contribution is 2.37. The quantitative estimate of drug-likeness (QED) is 0.523. The van der Waals surface area contributed by atoms with Crippen molar-refractivity contribution in [1.82, 2.24) is 0 Å². The fourth-order valence-electron chi connectivity index (χ4n) is 1.01. The first kappa shape index (κ1) is 14.3. The molecule has 0 aliphatic heterocycles. The normalized spacial score (nSPS) is 12.3. The molecule has 0 saturated carbocycles. The third-order valence-electron chi connectivity index (χ3n) is 2.96. The summed E-state index contributed by atoms with van der Waals surface area (Å²) >= 11 is 0. The summed E-state index contributed by atoms with van der Waals surface area (Å²) in [4.78, 5) is 0. The smallest absolute Gasteiger partial charge is 0.192 e. The Morgan fingerprint density at radius 3 is 1.80 bits per heavy atom. The highest BCUT2D eigenvalue weighted by atomic mass is 28.4. The molecule has 15 heavy (non-hydrogen) atoms. The summed E-state index contributed by atoms with van der Waals surface area (Å²) in [5.74, 6) is 5.26. The van der Waals surface area contributed by atoms with Crippen LogP contribution in [0.5, 0.6) is 0 Å². The van der Waals surface area contributed by atoms with Gasteiger partial charge >= 0.3 is 0 Å². The molecule has 0 fully saturated rings. The molecular formula is C13H22OSi. The van der Waals surface area contributed by atoms with E-state index in [9.17, 15) is 0 Å². The number of terminal acetylenes is 2. The van der Waals surface area contributed by atoms with E-state index in [4.69, 9.17) is 17.3 Å². The van der Waals surface area contributed by atoms with Crippen molar-refractivity contribution < 1.29 is 4.43 Å². The van der Waals surface area contributed by atoms with E-state index in [1.807, 2.05) is 0 Å². The summed E-state index contributed by atoms with van der Waals surface area (Å²) in [7, 11) is -1.73. The molecule has 0 aliphatic carbocycles. The van der Waals surface area contributed by atoms with Gasteiger partial charge in [-0.15, -0.1) is 24.7 Å². The maximum Gasteiger partial charge on any atom is 0.192 e. The maximum atomic E-state index is 6.14. The summed E-state index contributed by atoms with van der Waals surface area (Å²) in [6.07, 6.45) is 11.9. The van der Waals surface area contributed by atoms with Crippen molar-refractivity contribution in [3.8, 4) is 24.7 Å². The van der Waals surface area contributed by atoms with Gasteiger partial charge in [0, 0.05) is 12.8 Å².